The van der Waals surface area contributed by atoms with Gasteiger partial charge >= 0.3 is 0 Å². The molecule has 3 heterocycles. The van der Waals surface area contributed by atoms with Crippen LogP contribution in [0.3, 0.4) is 0 Å². The van der Waals surface area contributed by atoms with Gasteiger partial charge in [-0.3, -0.25) is 0 Å². The number of aryl methyl sites for hydroxylation is 3. The molecule has 0 N–H and O–H groups in total. The van der Waals surface area contributed by atoms with Crippen molar-refractivity contribution < 1.29 is 13.6 Å². The van der Waals surface area contributed by atoms with Crippen molar-refractivity contribution in [3.8, 4) is 0 Å². The van der Waals surface area contributed by atoms with Crippen LogP contribution < -0.4 is 9.13 Å². The molecule has 7 aromatic rings. The van der Waals surface area contributed by atoms with Gasteiger partial charge < -0.3 is 4.42 Å². The molecule has 0 amide bonds. The van der Waals surface area contributed by atoms with Gasteiger partial charge in [0.1, 0.15) is 25.3 Å². The summed E-state index contributed by atoms with van der Waals surface area (Å²) in [6.07, 6.45) is 2.96. The highest BCUT2D eigenvalue weighted by Gasteiger charge is 2.43. The molecule has 45 heavy (non-hydrogen) atoms. The molecule has 0 fully saturated rings. The van der Waals surface area contributed by atoms with Gasteiger partial charge in [-0.25, -0.2) is 9.13 Å². The van der Waals surface area contributed by atoms with Gasteiger partial charge in [0.05, 0.1) is 17.3 Å². The first kappa shape index (κ1) is 29.0. The maximum Gasteiger partial charge on any atom is 0.192 e. The smallest absolute Gasteiger partial charge is 0.192 e. The Morgan fingerprint density at radius 3 is 2.09 bits per heavy atom. The molecule has 1 unspecified atom stereocenters. The van der Waals surface area contributed by atoms with Crippen LogP contribution in [-0.4, -0.2) is 0 Å². The van der Waals surface area contributed by atoms with Gasteiger partial charge in [0.25, 0.3) is 0 Å². The van der Waals surface area contributed by atoms with Crippen LogP contribution in [-0.2, 0) is 31.3 Å². The van der Waals surface area contributed by atoms with Gasteiger partial charge in [0.2, 0.25) is 0 Å². The molecular formula is C42H42N2O+2. The average Bonchev–Trinajstić information content (AvgIpc) is 3.41. The average molecular weight is 591 g/mol. The lowest BCUT2D eigenvalue weighted by atomic mass is 9.72. The van der Waals surface area contributed by atoms with Crippen molar-refractivity contribution in [3.05, 3.63) is 155 Å². The largest absolute Gasteiger partial charge is 0.455 e. The van der Waals surface area contributed by atoms with Crippen LogP contribution >= 0.6 is 0 Å². The monoisotopic (exact) mass is 590 g/mol. The molecule has 0 saturated heterocycles. The van der Waals surface area contributed by atoms with E-state index in [1.807, 2.05) is 0 Å². The summed E-state index contributed by atoms with van der Waals surface area (Å²) in [7, 11) is 4.39. The molecule has 0 radical (unpaired) electrons. The van der Waals surface area contributed by atoms with Gasteiger partial charge in [-0.05, 0) is 68.8 Å². The summed E-state index contributed by atoms with van der Waals surface area (Å²) < 4.78 is 11.7. The molecule has 0 aliphatic carbocycles. The molecule has 0 aliphatic rings. The van der Waals surface area contributed by atoms with Gasteiger partial charge in [-0.1, -0.05) is 72.8 Å². The molecule has 3 heteroatoms. The van der Waals surface area contributed by atoms with Crippen molar-refractivity contribution in [3.63, 3.8) is 0 Å². The molecule has 7 rings (SSSR count). The first-order valence-corrected chi connectivity index (χ1v) is 15.9. The maximum absolute atomic E-state index is 6.99. The topological polar surface area (TPSA) is 20.9 Å². The van der Waals surface area contributed by atoms with Crippen molar-refractivity contribution in [2.45, 2.75) is 51.9 Å². The predicted molar refractivity (Wildman–Crippen MR) is 185 cm³/mol. The highest BCUT2D eigenvalue weighted by atomic mass is 16.3. The van der Waals surface area contributed by atoms with E-state index in [4.69, 9.17) is 4.42 Å². The third kappa shape index (κ3) is 4.56. The Morgan fingerprint density at radius 1 is 0.600 bits per heavy atom. The van der Waals surface area contributed by atoms with Crippen molar-refractivity contribution in [1.29, 1.82) is 0 Å². The Hall–Kier alpha value is -4.76. The zero-order chi connectivity index (χ0) is 31.5. The summed E-state index contributed by atoms with van der Waals surface area (Å²) in [6, 6.07) is 39.6. The Labute approximate surface area is 266 Å². The van der Waals surface area contributed by atoms with E-state index in [0.29, 0.717) is 0 Å². The molecule has 1 atom stereocenters. The van der Waals surface area contributed by atoms with E-state index in [2.05, 4.69) is 173 Å². The number of benzene rings is 4. The fourth-order valence-electron chi connectivity index (χ4n) is 7.96. The summed E-state index contributed by atoms with van der Waals surface area (Å²) in [5.41, 5.74) is 10.3. The zero-order valence-electron chi connectivity index (χ0n) is 27.5. The first-order chi connectivity index (χ1) is 21.6. The quantitative estimate of drug-likeness (QED) is 0.177. The lowest BCUT2D eigenvalue weighted by Crippen LogP contribution is -2.49. The molecule has 4 aromatic carbocycles. The standard InChI is InChI=1S/C42H42N2O/c1-28-15-8-11-19-35(28)41(3,4)36-21-14-17-31(44(36)7)27-42(5,37-20-12-13-26-43(37)6)38-29(2)22-24-34-33-25-23-30-16-9-10-18-32(30)39(33)45-40(34)38/h8-26H,27H2,1-7H3/q+2. The molecule has 0 spiro atoms. The van der Waals surface area contributed by atoms with Crippen LogP contribution in [0, 0.1) is 13.8 Å². The van der Waals surface area contributed by atoms with E-state index < -0.39 is 5.41 Å². The van der Waals surface area contributed by atoms with Crippen molar-refractivity contribution in [2.75, 3.05) is 0 Å². The van der Waals surface area contributed by atoms with Crippen LogP contribution in [0.25, 0.3) is 32.7 Å². The van der Waals surface area contributed by atoms with Crippen LogP contribution in [0.5, 0.6) is 0 Å². The Balaban J connectivity index is 1.48. The highest BCUT2D eigenvalue weighted by Crippen LogP contribution is 2.44. The number of fused-ring (bicyclic) bond motifs is 5. The van der Waals surface area contributed by atoms with Crippen LogP contribution in [0.2, 0.25) is 0 Å². The van der Waals surface area contributed by atoms with E-state index in [9.17, 15) is 0 Å². The van der Waals surface area contributed by atoms with E-state index in [-0.39, 0.29) is 5.41 Å². The van der Waals surface area contributed by atoms with Crippen molar-refractivity contribution in [1.82, 2.24) is 0 Å². The number of furan rings is 1. The molecule has 0 bridgehead atoms. The summed E-state index contributed by atoms with van der Waals surface area (Å²) in [5, 5.41) is 4.68. The number of pyridine rings is 2. The number of rotatable bonds is 6. The normalized spacial score (nSPS) is 13.5. The summed E-state index contributed by atoms with van der Waals surface area (Å²) in [6.45, 7) is 11.5. The molecule has 0 aliphatic heterocycles. The molecule has 224 valence electrons. The second-order valence-electron chi connectivity index (χ2n) is 13.5. The van der Waals surface area contributed by atoms with Crippen molar-refractivity contribution in [2.24, 2.45) is 14.1 Å². The SMILES string of the molecule is Cc1ccccc1C(C)(C)c1cccc(CC(C)(c2c(C)ccc3c2oc2c4ccccc4ccc32)c2cccc[n+]2C)[n+]1C. The summed E-state index contributed by atoms with van der Waals surface area (Å²) in [4.78, 5) is 0. The van der Waals surface area contributed by atoms with Gasteiger partial charge in [-0.15, -0.1) is 0 Å². The Morgan fingerprint density at radius 2 is 1.29 bits per heavy atom. The molecule has 3 nitrogen and oxygen atoms in total. The van der Waals surface area contributed by atoms with E-state index >= 15 is 0 Å². The fraction of sp³-hybridized carbons (Fsp3) is 0.238. The Bertz CT molecular complexity index is 2240. The number of hydrogen-bond donors (Lipinski definition) is 0. The summed E-state index contributed by atoms with van der Waals surface area (Å²) in [5.74, 6) is 0. The molecule has 0 saturated carbocycles. The van der Waals surface area contributed by atoms with Crippen LogP contribution in [0.4, 0.5) is 0 Å². The lowest BCUT2D eigenvalue weighted by Gasteiger charge is -2.30. The second-order valence-corrected chi connectivity index (χ2v) is 13.5. The van der Waals surface area contributed by atoms with E-state index in [1.165, 1.54) is 50.1 Å². The first-order valence-electron chi connectivity index (χ1n) is 15.9. The van der Waals surface area contributed by atoms with Crippen LogP contribution in [0.15, 0.2) is 120 Å². The fourth-order valence-corrected chi connectivity index (χ4v) is 7.96. The Kier molecular flexibility index (Phi) is 6.89. The van der Waals surface area contributed by atoms with Gasteiger partial charge in [0, 0.05) is 46.0 Å². The van der Waals surface area contributed by atoms with Gasteiger partial charge in [-0.2, -0.15) is 0 Å². The minimum absolute atomic E-state index is 0.167. The minimum atomic E-state index is -0.396. The van der Waals surface area contributed by atoms with Crippen LogP contribution in [0.1, 0.15) is 60.1 Å². The number of aromatic nitrogens is 2. The number of nitrogens with zero attached hydrogens (tertiary/aromatic N) is 2. The molecule has 3 aromatic heterocycles. The number of hydrogen-bond acceptors (Lipinski definition) is 1. The summed E-state index contributed by atoms with van der Waals surface area (Å²) >= 11 is 0. The van der Waals surface area contributed by atoms with Gasteiger partial charge in [0.15, 0.2) is 23.3 Å². The second kappa shape index (κ2) is 10.7. The lowest BCUT2D eigenvalue weighted by molar-refractivity contribution is -0.692. The van der Waals surface area contributed by atoms with E-state index in [1.54, 1.807) is 0 Å². The highest BCUT2D eigenvalue weighted by molar-refractivity contribution is 6.15. The zero-order valence-corrected chi connectivity index (χ0v) is 27.5. The maximum atomic E-state index is 6.99. The predicted octanol–water partition coefficient (Wildman–Crippen LogP) is 8.88. The van der Waals surface area contributed by atoms with Crippen molar-refractivity contribution >= 4 is 32.7 Å². The minimum Gasteiger partial charge on any atom is -0.455 e. The third-order valence-corrected chi connectivity index (χ3v) is 10.2. The molecular weight excluding hydrogens is 548 g/mol. The van der Waals surface area contributed by atoms with E-state index in [0.717, 1.165) is 28.4 Å². The third-order valence-electron chi connectivity index (χ3n) is 10.2.